The summed E-state index contributed by atoms with van der Waals surface area (Å²) in [6, 6.07) is 13.6. The molecule has 27 heavy (non-hydrogen) atoms. The molecule has 2 aromatic carbocycles. The number of fused-ring (bicyclic) bond motifs is 1. The Kier molecular flexibility index (Phi) is 4.86. The molecular formula is C19H19N5O3. The van der Waals surface area contributed by atoms with Crippen LogP contribution in [0.3, 0.4) is 0 Å². The van der Waals surface area contributed by atoms with Crippen LogP contribution in [0.5, 0.6) is 17.2 Å². The van der Waals surface area contributed by atoms with E-state index in [0.717, 1.165) is 23.6 Å². The van der Waals surface area contributed by atoms with E-state index in [1.54, 1.807) is 13.3 Å². The summed E-state index contributed by atoms with van der Waals surface area (Å²) >= 11 is 0. The molecular weight excluding hydrogens is 346 g/mol. The predicted molar refractivity (Wildman–Crippen MR) is 101 cm³/mol. The van der Waals surface area contributed by atoms with Gasteiger partial charge in [0.15, 0.2) is 17.3 Å². The van der Waals surface area contributed by atoms with Crippen LogP contribution in [-0.2, 0) is 6.42 Å². The summed E-state index contributed by atoms with van der Waals surface area (Å²) in [5.74, 6) is 3.36. The van der Waals surface area contributed by atoms with E-state index in [0.29, 0.717) is 24.1 Å². The number of methoxy groups -OCH3 is 1. The maximum absolute atomic E-state index is 5.38. The average molecular weight is 365 g/mol. The first-order chi connectivity index (χ1) is 13.3. The van der Waals surface area contributed by atoms with Crippen LogP contribution in [0.15, 0.2) is 48.7 Å². The lowest BCUT2D eigenvalue weighted by molar-refractivity contribution is 0.174. The first-order valence-corrected chi connectivity index (χ1v) is 8.53. The molecule has 0 amide bonds. The zero-order valence-corrected chi connectivity index (χ0v) is 14.8. The fraction of sp³-hybridized carbons (Fsp3) is 0.211. The first kappa shape index (κ1) is 16.9. The highest BCUT2D eigenvalue weighted by Crippen LogP contribution is 2.34. The zero-order chi connectivity index (χ0) is 18.5. The second-order valence-corrected chi connectivity index (χ2v) is 5.88. The molecule has 0 spiro atoms. The van der Waals surface area contributed by atoms with E-state index in [-0.39, 0.29) is 6.79 Å². The highest BCUT2D eigenvalue weighted by atomic mass is 16.7. The average Bonchev–Trinajstić information content (AvgIpc) is 3.17. The molecule has 3 aromatic rings. The van der Waals surface area contributed by atoms with Gasteiger partial charge in [0.1, 0.15) is 5.75 Å². The minimum Gasteiger partial charge on any atom is -0.497 e. The molecule has 2 heterocycles. The molecule has 138 valence electrons. The first-order valence-electron chi connectivity index (χ1n) is 8.53. The second-order valence-electron chi connectivity index (χ2n) is 5.88. The van der Waals surface area contributed by atoms with Gasteiger partial charge < -0.3 is 24.8 Å². The van der Waals surface area contributed by atoms with Crippen LogP contribution in [0, 0.1) is 0 Å². The third-order valence-electron chi connectivity index (χ3n) is 4.06. The summed E-state index contributed by atoms with van der Waals surface area (Å²) < 4.78 is 15.9. The molecule has 1 aliphatic rings. The van der Waals surface area contributed by atoms with Crippen molar-refractivity contribution in [3.05, 3.63) is 54.2 Å². The van der Waals surface area contributed by atoms with Gasteiger partial charge in [-0.2, -0.15) is 10.1 Å². The largest absolute Gasteiger partial charge is 0.497 e. The number of nitrogens with zero attached hydrogens (tertiary/aromatic N) is 3. The maximum Gasteiger partial charge on any atom is 0.244 e. The van der Waals surface area contributed by atoms with Gasteiger partial charge in [-0.15, -0.1) is 5.10 Å². The number of nitrogens with one attached hydrogen (secondary N) is 2. The molecule has 0 radical (unpaired) electrons. The van der Waals surface area contributed by atoms with E-state index in [9.17, 15) is 0 Å². The summed E-state index contributed by atoms with van der Waals surface area (Å²) in [5, 5.41) is 14.4. The normalized spacial score (nSPS) is 11.9. The maximum atomic E-state index is 5.38. The fourth-order valence-corrected chi connectivity index (χ4v) is 2.67. The van der Waals surface area contributed by atoms with Gasteiger partial charge in [0.2, 0.25) is 12.7 Å². The third kappa shape index (κ3) is 4.17. The standard InChI is InChI=1S/C19H19N5O3/c1-25-15-5-2-13(3-6-15)8-9-20-19-23-18(11-21-24-19)22-14-4-7-16-17(10-14)27-12-26-16/h2-7,10-11H,8-9,12H2,1H3,(H2,20,22,23,24). The van der Waals surface area contributed by atoms with Crippen LogP contribution in [0.25, 0.3) is 0 Å². The molecule has 0 fully saturated rings. The smallest absolute Gasteiger partial charge is 0.244 e. The van der Waals surface area contributed by atoms with E-state index in [2.05, 4.69) is 25.8 Å². The Morgan fingerprint density at radius 2 is 1.93 bits per heavy atom. The van der Waals surface area contributed by atoms with E-state index in [4.69, 9.17) is 14.2 Å². The summed E-state index contributed by atoms with van der Waals surface area (Å²) in [5.41, 5.74) is 2.04. The lowest BCUT2D eigenvalue weighted by Gasteiger charge is -2.08. The van der Waals surface area contributed by atoms with E-state index >= 15 is 0 Å². The molecule has 4 rings (SSSR count). The highest BCUT2D eigenvalue weighted by molar-refractivity contribution is 5.61. The van der Waals surface area contributed by atoms with Crippen LogP contribution in [-0.4, -0.2) is 35.6 Å². The van der Waals surface area contributed by atoms with Gasteiger partial charge in [0, 0.05) is 18.3 Å². The quantitative estimate of drug-likeness (QED) is 0.660. The van der Waals surface area contributed by atoms with Gasteiger partial charge in [-0.05, 0) is 36.2 Å². The van der Waals surface area contributed by atoms with Gasteiger partial charge in [0.05, 0.1) is 13.3 Å². The Bertz CT molecular complexity index is 917. The van der Waals surface area contributed by atoms with E-state index < -0.39 is 0 Å². The Hall–Kier alpha value is -3.55. The van der Waals surface area contributed by atoms with E-state index in [1.165, 1.54) is 5.56 Å². The van der Waals surface area contributed by atoms with Crippen LogP contribution in [0.2, 0.25) is 0 Å². The molecule has 8 heteroatoms. The van der Waals surface area contributed by atoms with Crippen LogP contribution in [0.4, 0.5) is 17.5 Å². The van der Waals surface area contributed by atoms with Gasteiger partial charge in [-0.1, -0.05) is 12.1 Å². The number of benzene rings is 2. The summed E-state index contributed by atoms with van der Waals surface area (Å²) in [7, 11) is 1.66. The zero-order valence-electron chi connectivity index (χ0n) is 14.8. The highest BCUT2D eigenvalue weighted by Gasteiger charge is 2.13. The molecule has 0 atom stereocenters. The van der Waals surface area contributed by atoms with Gasteiger partial charge in [0.25, 0.3) is 0 Å². The second kappa shape index (κ2) is 7.77. The van der Waals surface area contributed by atoms with Crippen LogP contribution in [0.1, 0.15) is 5.56 Å². The van der Waals surface area contributed by atoms with Crippen molar-refractivity contribution in [1.82, 2.24) is 15.2 Å². The molecule has 0 saturated carbocycles. The number of rotatable bonds is 7. The molecule has 8 nitrogen and oxygen atoms in total. The molecule has 1 aliphatic heterocycles. The fourth-order valence-electron chi connectivity index (χ4n) is 2.67. The number of hydrogen-bond donors (Lipinski definition) is 2. The van der Waals surface area contributed by atoms with Crippen molar-refractivity contribution in [2.24, 2.45) is 0 Å². The predicted octanol–water partition coefficient (Wildman–Crippen LogP) is 3.01. The Morgan fingerprint density at radius 1 is 1.07 bits per heavy atom. The summed E-state index contributed by atoms with van der Waals surface area (Å²) in [6.07, 6.45) is 2.41. The Labute approximate surface area is 156 Å². The molecule has 0 unspecified atom stereocenters. The topological polar surface area (TPSA) is 90.4 Å². The van der Waals surface area contributed by atoms with Crippen molar-refractivity contribution in [3.63, 3.8) is 0 Å². The van der Waals surface area contributed by atoms with Gasteiger partial charge >= 0.3 is 0 Å². The molecule has 0 saturated heterocycles. The van der Waals surface area contributed by atoms with Crippen LogP contribution >= 0.6 is 0 Å². The monoisotopic (exact) mass is 365 g/mol. The van der Waals surface area contributed by atoms with Crippen molar-refractivity contribution in [3.8, 4) is 17.2 Å². The van der Waals surface area contributed by atoms with Crippen molar-refractivity contribution in [2.75, 3.05) is 31.1 Å². The molecule has 1 aromatic heterocycles. The number of anilines is 3. The van der Waals surface area contributed by atoms with Gasteiger partial charge in [-0.25, -0.2) is 0 Å². The summed E-state index contributed by atoms with van der Waals surface area (Å²) in [4.78, 5) is 4.43. The lowest BCUT2D eigenvalue weighted by atomic mass is 10.1. The van der Waals surface area contributed by atoms with Crippen LogP contribution < -0.4 is 24.8 Å². The number of ether oxygens (including phenoxy) is 3. The van der Waals surface area contributed by atoms with Crippen molar-refractivity contribution in [1.29, 1.82) is 0 Å². The Balaban J connectivity index is 1.34. The molecule has 0 aliphatic carbocycles. The third-order valence-corrected chi connectivity index (χ3v) is 4.06. The number of aromatic nitrogens is 3. The minimum atomic E-state index is 0.246. The minimum absolute atomic E-state index is 0.246. The van der Waals surface area contributed by atoms with E-state index in [1.807, 2.05) is 42.5 Å². The van der Waals surface area contributed by atoms with Crippen molar-refractivity contribution in [2.45, 2.75) is 6.42 Å². The van der Waals surface area contributed by atoms with Crippen molar-refractivity contribution >= 4 is 17.5 Å². The SMILES string of the molecule is COc1ccc(CCNc2nncc(Nc3ccc4c(c3)OCO4)n2)cc1. The summed E-state index contributed by atoms with van der Waals surface area (Å²) in [6.45, 7) is 0.942. The molecule has 0 bridgehead atoms. The molecule has 2 N–H and O–H groups in total. The lowest BCUT2D eigenvalue weighted by Crippen LogP contribution is -2.09. The Morgan fingerprint density at radius 3 is 2.78 bits per heavy atom. The van der Waals surface area contributed by atoms with Crippen molar-refractivity contribution < 1.29 is 14.2 Å². The number of hydrogen-bond acceptors (Lipinski definition) is 8. The van der Waals surface area contributed by atoms with Gasteiger partial charge in [-0.3, -0.25) is 0 Å².